The van der Waals surface area contributed by atoms with Crippen molar-refractivity contribution < 1.29 is 14.3 Å². The molecule has 1 fully saturated rings. The summed E-state index contributed by atoms with van der Waals surface area (Å²) in [5.41, 5.74) is 2.13. The van der Waals surface area contributed by atoms with Crippen LogP contribution in [-0.4, -0.2) is 56.9 Å². The second-order valence-electron chi connectivity index (χ2n) is 7.75. The molecule has 2 atom stereocenters. The van der Waals surface area contributed by atoms with Crippen LogP contribution >= 0.6 is 0 Å². The lowest BCUT2D eigenvalue weighted by molar-refractivity contribution is 0.0129. The first-order valence-corrected chi connectivity index (χ1v) is 9.91. The maximum Gasteiger partial charge on any atom is 0.315 e. The van der Waals surface area contributed by atoms with Crippen LogP contribution in [0.25, 0.3) is 0 Å². The van der Waals surface area contributed by atoms with Gasteiger partial charge in [-0.05, 0) is 32.3 Å². The van der Waals surface area contributed by atoms with Crippen LogP contribution < -0.4 is 15.4 Å². The number of hydrogen-bond acceptors (Lipinski definition) is 4. The Balaban J connectivity index is 1.92. The molecule has 1 aliphatic rings. The highest BCUT2D eigenvalue weighted by atomic mass is 16.5. The van der Waals surface area contributed by atoms with Crippen molar-refractivity contribution in [2.75, 3.05) is 40.0 Å². The number of nitrogens with one attached hydrogen (secondary N) is 2. The molecule has 0 radical (unpaired) electrons. The van der Waals surface area contributed by atoms with Crippen molar-refractivity contribution in [3.8, 4) is 5.75 Å². The Hall–Kier alpha value is -1.79. The number of aryl methyl sites for hydroxylation is 1. The standard InChI is InChI=1S/C21H35N3O3/c1-15(2)12-18(24-8-10-27-11-9-24)14-22-21(25)23-17(4)19-13-16(3)6-7-20(19)26-5/h6-7,13,15,17-18H,8-12,14H2,1-5H3,(H2,22,23,25). The van der Waals surface area contributed by atoms with Crippen LogP contribution in [0.5, 0.6) is 5.75 Å². The lowest BCUT2D eigenvalue weighted by Crippen LogP contribution is -2.50. The Morgan fingerprint density at radius 2 is 1.96 bits per heavy atom. The third kappa shape index (κ3) is 6.70. The summed E-state index contributed by atoms with van der Waals surface area (Å²) >= 11 is 0. The maximum absolute atomic E-state index is 12.5. The van der Waals surface area contributed by atoms with Crippen molar-refractivity contribution in [3.63, 3.8) is 0 Å². The Morgan fingerprint density at radius 1 is 1.26 bits per heavy atom. The van der Waals surface area contributed by atoms with Gasteiger partial charge in [-0.15, -0.1) is 0 Å². The molecular formula is C21H35N3O3. The number of urea groups is 1. The largest absolute Gasteiger partial charge is 0.496 e. The van der Waals surface area contributed by atoms with Gasteiger partial charge in [0, 0.05) is 31.2 Å². The van der Waals surface area contributed by atoms with Crippen LogP contribution in [0.3, 0.4) is 0 Å². The minimum absolute atomic E-state index is 0.133. The summed E-state index contributed by atoms with van der Waals surface area (Å²) in [6.45, 7) is 12.5. The van der Waals surface area contributed by atoms with Crippen molar-refractivity contribution in [2.24, 2.45) is 5.92 Å². The third-order valence-corrected chi connectivity index (χ3v) is 5.00. The molecule has 0 bridgehead atoms. The number of nitrogens with zero attached hydrogens (tertiary/aromatic N) is 1. The summed E-state index contributed by atoms with van der Waals surface area (Å²) in [5.74, 6) is 1.37. The van der Waals surface area contributed by atoms with Crippen LogP contribution in [0, 0.1) is 12.8 Å². The van der Waals surface area contributed by atoms with Gasteiger partial charge in [-0.2, -0.15) is 0 Å². The zero-order chi connectivity index (χ0) is 19.8. The van der Waals surface area contributed by atoms with E-state index in [-0.39, 0.29) is 12.1 Å². The van der Waals surface area contributed by atoms with E-state index in [0.717, 1.165) is 49.6 Å². The molecule has 0 aliphatic carbocycles. The summed E-state index contributed by atoms with van der Waals surface area (Å²) in [6.07, 6.45) is 1.06. The second-order valence-corrected chi connectivity index (χ2v) is 7.75. The summed E-state index contributed by atoms with van der Waals surface area (Å²) < 4.78 is 10.9. The minimum Gasteiger partial charge on any atom is -0.496 e. The molecule has 0 saturated carbocycles. The Morgan fingerprint density at radius 3 is 2.59 bits per heavy atom. The second kappa shape index (κ2) is 10.5. The molecule has 6 heteroatoms. The average Bonchev–Trinajstić information content (AvgIpc) is 2.65. The molecule has 2 rings (SSSR count). The monoisotopic (exact) mass is 377 g/mol. The molecule has 6 nitrogen and oxygen atoms in total. The van der Waals surface area contributed by atoms with Gasteiger partial charge in [-0.25, -0.2) is 4.79 Å². The maximum atomic E-state index is 12.5. The first kappa shape index (κ1) is 21.5. The molecule has 1 aliphatic heterocycles. The molecule has 2 N–H and O–H groups in total. The first-order chi connectivity index (χ1) is 12.9. The highest BCUT2D eigenvalue weighted by Crippen LogP contribution is 2.26. The third-order valence-electron chi connectivity index (χ3n) is 5.00. The Bertz CT molecular complexity index is 600. The number of carbonyl (C=O) groups is 1. The average molecular weight is 378 g/mol. The molecule has 2 amide bonds. The topological polar surface area (TPSA) is 62.8 Å². The SMILES string of the molecule is COc1ccc(C)cc1C(C)NC(=O)NCC(CC(C)C)N1CCOCC1. The quantitative estimate of drug-likeness (QED) is 0.731. The molecule has 0 spiro atoms. The fourth-order valence-electron chi connectivity index (χ4n) is 3.58. The highest BCUT2D eigenvalue weighted by Gasteiger charge is 2.23. The molecule has 27 heavy (non-hydrogen) atoms. The fourth-order valence-corrected chi connectivity index (χ4v) is 3.58. The van der Waals surface area contributed by atoms with E-state index in [4.69, 9.17) is 9.47 Å². The van der Waals surface area contributed by atoms with Gasteiger partial charge in [0.25, 0.3) is 0 Å². The summed E-state index contributed by atoms with van der Waals surface area (Å²) in [6, 6.07) is 6.06. The van der Waals surface area contributed by atoms with Crippen molar-refractivity contribution >= 4 is 6.03 Å². The number of benzene rings is 1. The van der Waals surface area contributed by atoms with Crippen molar-refractivity contribution in [3.05, 3.63) is 29.3 Å². The van der Waals surface area contributed by atoms with Crippen molar-refractivity contribution in [1.82, 2.24) is 15.5 Å². The zero-order valence-corrected chi connectivity index (χ0v) is 17.4. The van der Waals surface area contributed by atoms with E-state index in [1.54, 1.807) is 7.11 Å². The van der Waals surface area contributed by atoms with Gasteiger partial charge in [0.1, 0.15) is 5.75 Å². The molecule has 1 aromatic carbocycles. The van der Waals surface area contributed by atoms with Gasteiger partial charge in [-0.1, -0.05) is 31.5 Å². The van der Waals surface area contributed by atoms with Gasteiger partial charge in [0.15, 0.2) is 0 Å². The van der Waals surface area contributed by atoms with Crippen molar-refractivity contribution in [1.29, 1.82) is 0 Å². The predicted molar refractivity (Wildman–Crippen MR) is 108 cm³/mol. The lowest BCUT2D eigenvalue weighted by Gasteiger charge is -2.35. The summed E-state index contributed by atoms with van der Waals surface area (Å²) in [7, 11) is 1.65. The van der Waals surface area contributed by atoms with Crippen LogP contribution in [0.1, 0.15) is 44.4 Å². The smallest absolute Gasteiger partial charge is 0.315 e. The molecule has 152 valence electrons. The van der Waals surface area contributed by atoms with Gasteiger partial charge in [0.2, 0.25) is 0 Å². The molecular weight excluding hydrogens is 342 g/mol. The number of ether oxygens (including phenoxy) is 2. The molecule has 1 heterocycles. The molecule has 0 aromatic heterocycles. The van der Waals surface area contributed by atoms with E-state index in [1.165, 1.54) is 0 Å². The number of methoxy groups -OCH3 is 1. The van der Waals surface area contributed by atoms with E-state index in [2.05, 4.69) is 35.4 Å². The number of morpholine rings is 1. The summed E-state index contributed by atoms with van der Waals surface area (Å²) in [4.78, 5) is 14.9. The van der Waals surface area contributed by atoms with Gasteiger partial charge < -0.3 is 20.1 Å². The van der Waals surface area contributed by atoms with Crippen LogP contribution in [-0.2, 0) is 4.74 Å². The van der Waals surface area contributed by atoms with Gasteiger partial charge in [-0.3, -0.25) is 4.90 Å². The van der Waals surface area contributed by atoms with Gasteiger partial charge in [0.05, 0.1) is 26.4 Å². The lowest BCUT2D eigenvalue weighted by atomic mass is 10.0. The molecule has 1 aromatic rings. The predicted octanol–water partition coefficient (Wildman–Crippen LogP) is 3.11. The minimum atomic E-state index is -0.145. The zero-order valence-electron chi connectivity index (χ0n) is 17.4. The van der Waals surface area contributed by atoms with Crippen molar-refractivity contribution in [2.45, 2.75) is 46.2 Å². The number of carbonyl (C=O) groups excluding carboxylic acids is 1. The number of amides is 2. The normalized spacial score (nSPS) is 17.4. The van der Waals surface area contributed by atoms with Crippen LogP contribution in [0.15, 0.2) is 18.2 Å². The van der Waals surface area contributed by atoms with Crippen LogP contribution in [0.4, 0.5) is 4.79 Å². The van der Waals surface area contributed by atoms with E-state index >= 15 is 0 Å². The molecule has 1 saturated heterocycles. The van der Waals surface area contributed by atoms with E-state index in [0.29, 0.717) is 18.5 Å². The summed E-state index contributed by atoms with van der Waals surface area (Å²) in [5, 5.41) is 6.10. The fraction of sp³-hybridized carbons (Fsp3) is 0.667. The van der Waals surface area contributed by atoms with Crippen LogP contribution in [0.2, 0.25) is 0 Å². The van der Waals surface area contributed by atoms with E-state index in [1.807, 2.05) is 26.0 Å². The van der Waals surface area contributed by atoms with E-state index in [9.17, 15) is 4.79 Å². The first-order valence-electron chi connectivity index (χ1n) is 9.91. The van der Waals surface area contributed by atoms with E-state index < -0.39 is 0 Å². The number of rotatable bonds is 8. The Labute approximate surface area is 163 Å². The van der Waals surface area contributed by atoms with Gasteiger partial charge >= 0.3 is 6.03 Å². The highest BCUT2D eigenvalue weighted by molar-refractivity contribution is 5.74. The Kier molecular flexibility index (Phi) is 8.38. The number of hydrogen-bond donors (Lipinski definition) is 2. The molecule has 2 unspecified atom stereocenters.